The Hall–Kier alpha value is -4.46. The number of rotatable bonds is 10. The number of hydrazine groups is 1. The first-order chi connectivity index (χ1) is 16.5. The summed E-state index contributed by atoms with van der Waals surface area (Å²) in [4.78, 5) is 12.3. The first-order valence-corrected chi connectivity index (χ1v) is 10.9. The average molecular weight is 460 g/mol. The summed E-state index contributed by atoms with van der Waals surface area (Å²) in [5, 5.41) is 19.0. The van der Waals surface area contributed by atoms with Gasteiger partial charge in [-0.25, -0.2) is 9.13 Å². The molecule has 174 valence electrons. The number of carbonyl (C=O) groups is 1. The van der Waals surface area contributed by atoms with Crippen molar-refractivity contribution in [1.29, 1.82) is 0 Å². The molecule has 0 saturated carbocycles. The van der Waals surface area contributed by atoms with Crippen molar-refractivity contribution in [2.24, 2.45) is 0 Å². The van der Waals surface area contributed by atoms with Gasteiger partial charge in [0.2, 0.25) is 6.33 Å². The number of anilines is 1. The van der Waals surface area contributed by atoms with Crippen molar-refractivity contribution in [3.63, 3.8) is 0 Å². The molecule has 1 heterocycles. The van der Waals surface area contributed by atoms with E-state index >= 15 is 0 Å². The number of aryl methyl sites for hydroxylation is 2. The topological polar surface area (TPSA) is 99.6 Å². The molecule has 8 nitrogen and oxygen atoms in total. The van der Waals surface area contributed by atoms with Gasteiger partial charge in [-0.15, -0.1) is 0 Å². The third-order valence-electron chi connectivity index (χ3n) is 5.22. The Morgan fingerprint density at radius 3 is 2.50 bits per heavy atom. The molecule has 4 N–H and O–H groups in total. The molecule has 4 aromatic rings. The zero-order chi connectivity index (χ0) is 23.8. The lowest BCUT2D eigenvalue weighted by atomic mass is 10.1. The molecule has 0 bridgehead atoms. The van der Waals surface area contributed by atoms with E-state index in [1.165, 1.54) is 6.07 Å². The number of ether oxygens (including phenoxy) is 1. The summed E-state index contributed by atoms with van der Waals surface area (Å²) in [6, 6.07) is 22.1. The van der Waals surface area contributed by atoms with Crippen molar-refractivity contribution in [3.8, 4) is 17.2 Å². The predicted octanol–water partition coefficient (Wildman–Crippen LogP) is 3.15. The maximum absolute atomic E-state index is 12.3. The summed E-state index contributed by atoms with van der Waals surface area (Å²) in [6.07, 6.45) is 6.24. The van der Waals surface area contributed by atoms with Gasteiger partial charge < -0.3 is 14.9 Å². The standard InChI is InChI=1S/C26H26N4O4/c31-24-11-6-20(16-25(24)32)12-13-29-14-15-30(19-29)17-26(33)28-27-22-7-9-23(10-8-22)34-18-21-4-2-1-3-5-21/h1-11,14-16,19,27H,12-13,17-18H2,(H2-,28,31,32,33)/p+1. The molecule has 1 amide bonds. The summed E-state index contributed by atoms with van der Waals surface area (Å²) in [7, 11) is 0. The highest BCUT2D eigenvalue weighted by Crippen LogP contribution is 2.25. The van der Waals surface area contributed by atoms with Crippen LogP contribution in [-0.2, 0) is 30.9 Å². The predicted molar refractivity (Wildman–Crippen MR) is 127 cm³/mol. The maximum Gasteiger partial charge on any atom is 0.280 e. The van der Waals surface area contributed by atoms with Crippen LogP contribution in [0.25, 0.3) is 0 Å². The monoisotopic (exact) mass is 459 g/mol. The van der Waals surface area contributed by atoms with Gasteiger partial charge in [-0.2, -0.15) is 0 Å². The van der Waals surface area contributed by atoms with Crippen LogP contribution in [0.3, 0.4) is 0 Å². The second kappa shape index (κ2) is 10.9. The minimum atomic E-state index is -0.185. The minimum Gasteiger partial charge on any atom is -0.504 e. The Balaban J connectivity index is 1.19. The highest BCUT2D eigenvalue weighted by Gasteiger charge is 2.10. The van der Waals surface area contributed by atoms with Crippen LogP contribution in [-0.4, -0.2) is 20.7 Å². The zero-order valence-electron chi connectivity index (χ0n) is 18.6. The van der Waals surface area contributed by atoms with Gasteiger partial charge in [0.05, 0.1) is 12.2 Å². The third kappa shape index (κ3) is 6.52. The van der Waals surface area contributed by atoms with E-state index < -0.39 is 0 Å². The van der Waals surface area contributed by atoms with Gasteiger partial charge in [-0.05, 0) is 47.5 Å². The quantitative estimate of drug-likeness (QED) is 0.166. The van der Waals surface area contributed by atoms with Crippen LogP contribution in [0.15, 0.2) is 91.5 Å². The van der Waals surface area contributed by atoms with E-state index in [0.29, 0.717) is 19.6 Å². The first-order valence-electron chi connectivity index (χ1n) is 10.9. The SMILES string of the molecule is O=C(C[n+]1ccn(CCc2ccc(O)c(O)c2)c1)NNc1ccc(OCc2ccccc2)cc1. The van der Waals surface area contributed by atoms with Crippen molar-refractivity contribution in [1.82, 2.24) is 9.99 Å². The van der Waals surface area contributed by atoms with E-state index in [9.17, 15) is 15.0 Å². The molecule has 0 aliphatic carbocycles. The van der Waals surface area contributed by atoms with Gasteiger partial charge in [-0.1, -0.05) is 36.4 Å². The maximum atomic E-state index is 12.3. The Kier molecular flexibility index (Phi) is 7.29. The normalized spacial score (nSPS) is 10.6. The Labute approximate surface area is 197 Å². The molecule has 0 spiro atoms. The van der Waals surface area contributed by atoms with Gasteiger partial charge in [0.15, 0.2) is 18.0 Å². The molecule has 0 fully saturated rings. The van der Waals surface area contributed by atoms with E-state index in [4.69, 9.17) is 4.74 Å². The Bertz CT molecular complexity index is 1220. The minimum absolute atomic E-state index is 0.126. The lowest BCUT2D eigenvalue weighted by Gasteiger charge is -2.09. The summed E-state index contributed by atoms with van der Waals surface area (Å²) in [5.74, 6) is 0.309. The van der Waals surface area contributed by atoms with Gasteiger partial charge >= 0.3 is 0 Å². The molecule has 34 heavy (non-hydrogen) atoms. The number of hydrogen-bond acceptors (Lipinski definition) is 5. The van der Waals surface area contributed by atoms with Crippen molar-refractivity contribution >= 4 is 11.6 Å². The fourth-order valence-electron chi connectivity index (χ4n) is 3.37. The van der Waals surface area contributed by atoms with Gasteiger partial charge in [0, 0.05) is 6.42 Å². The average Bonchev–Trinajstić information content (AvgIpc) is 3.30. The van der Waals surface area contributed by atoms with Gasteiger partial charge in [0.1, 0.15) is 24.8 Å². The van der Waals surface area contributed by atoms with Crippen LogP contribution in [0.1, 0.15) is 11.1 Å². The van der Waals surface area contributed by atoms with Crippen LogP contribution in [0.4, 0.5) is 5.69 Å². The summed E-state index contributed by atoms with van der Waals surface area (Å²) >= 11 is 0. The molecule has 0 radical (unpaired) electrons. The zero-order valence-corrected chi connectivity index (χ0v) is 18.6. The molecule has 0 unspecified atom stereocenters. The molecule has 4 rings (SSSR count). The number of phenolic OH excluding ortho intramolecular Hbond substituents is 2. The number of nitrogens with one attached hydrogen (secondary N) is 2. The third-order valence-corrected chi connectivity index (χ3v) is 5.22. The van der Waals surface area contributed by atoms with E-state index in [0.717, 1.165) is 22.6 Å². The Morgan fingerprint density at radius 2 is 1.74 bits per heavy atom. The molecule has 1 aromatic heterocycles. The number of aromatic nitrogens is 2. The number of hydrogen-bond donors (Lipinski definition) is 4. The number of aromatic hydroxyl groups is 2. The number of imidazole rings is 1. The van der Waals surface area contributed by atoms with E-state index in [2.05, 4.69) is 10.9 Å². The van der Waals surface area contributed by atoms with E-state index in [-0.39, 0.29) is 24.0 Å². The fraction of sp³-hybridized carbons (Fsp3) is 0.154. The summed E-state index contributed by atoms with van der Waals surface area (Å²) in [5.41, 5.74) is 8.36. The van der Waals surface area contributed by atoms with Crippen molar-refractivity contribution in [2.75, 3.05) is 5.43 Å². The molecular formula is C26H27N4O4+. The number of carbonyl (C=O) groups excluding carboxylic acids is 1. The lowest BCUT2D eigenvalue weighted by molar-refractivity contribution is -0.684. The van der Waals surface area contributed by atoms with E-state index in [1.54, 1.807) is 16.7 Å². The summed E-state index contributed by atoms with van der Waals surface area (Å²) < 4.78 is 9.51. The van der Waals surface area contributed by atoms with Crippen molar-refractivity contribution in [2.45, 2.75) is 26.1 Å². The lowest BCUT2D eigenvalue weighted by Crippen LogP contribution is -2.43. The van der Waals surface area contributed by atoms with Gasteiger partial charge in [0.25, 0.3) is 5.91 Å². The van der Waals surface area contributed by atoms with Crippen LogP contribution >= 0.6 is 0 Å². The van der Waals surface area contributed by atoms with Crippen LogP contribution in [0.2, 0.25) is 0 Å². The molecule has 0 atom stereocenters. The largest absolute Gasteiger partial charge is 0.504 e. The Morgan fingerprint density at radius 1 is 0.941 bits per heavy atom. The number of amides is 1. The van der Waals surface area contributed by atoms with Crippen molar-refractivity contribution in [3.05, 3.63) is 103 Å². The second-order valence-corrected chi connectivity index (χ2v) is 7.87. The van der Waals surface area contributed by atoms with Crippen LogP contribution in [0, 0.1) is 0 Å². The molecule has 0 aliphatic heterocycles. The van der Waals surface area contributed by atoms with Crippen LogP contribution in [0.5, 0.6) is 17.2 Å². The molecule has 3 aromatic carbocycles. The molecule has 8 heteroatoms. The smallest absolute Gasteiger partial charge is 0.280 e. The molecular weight excluding hydrogens is 432 g/mol. The molecule has 0 saturated heterocycles. The van der Waals surface area contributed by atoms with Crippen molar-refractivity contribution < 1.29 is 24.3 Å². The van der Waals surface area contributed by atoms with E-state index in [1.807, 2.05) is 77.9 Å². The summed E-state index contributed by atoms with van der Waals surface area (Å²) in [6.45, 7) is 1.34. The second-order valence-electron chi connectivity index (χ2n) is 7.87. The number of benzene rings is 3. The molecule has 0 aliphatic rings. The highest BCUT2D eigenvalue weighted by molar-refractivity contribution is 5.75. The fourth-order valence-corrected chi connectivity index (χ4v) is 3.37. The van der Waals surface area contributed by atoms with Crippen LogP contribution < -0.4 is 20.2 Å². The van der Waals surface area contributed by atoms with Gasteiger partial charge in [-0.3, -0.25) is 15.6 Å². The number of phenols is 2. The first kappa shape index (κ1) is 22.7. The highest BCUT2D eigenvalue weighted by atomic mass is 16.5. The number of nitrogens with zero attached hydrogens (tertiary/aromatic N) is 2.